The van der Waals surface area contributed by atoms with Crippen molar-refractivity contribution in [2.45, 2.75) is 12.8 Å². The largest absolute Gasteiger partial charge is 0.497 e. The number of hydrogen-bond acceptors (Lipinski definition) is 4. The van der Waals surface area contributed by atoms with Crippen molar-refractivity contribution in [2.75, 3.05) is 46.4 Å². The molecule has 3 aliphatic rings. The molecular formula is C21H28N2O3. The fourth-order valence-electron chi connectivity index (χ4n) is 4.52. The molecule has 5 heteroatoms. The van der Waals surface area contributed by atoms with E-state index in [0.29, 0.717) is 5.75 Å². The maximum Gasteiger partial charge on any atom is 0.260 e. The predicted molar refractivity (Wildman–Crippen MR) is 100 cm³/mol. The van der Waals surface area contributed by atoms with Gasteiger partial charge in [-0.15, -0.1) is 0 Å². The van der Waals surface area contributed by atoms with Gasteiger partial charge >= 0.3 is 0 Å². The fraction of sp³-hybridized carbons (Fsp3) is 0.571. The van der Waals surface area contributed by atoms with Crippen LogP contribution in [0, 0.1) is 17.8 Å². The number of benzene rings is 1. The minimum atomic E-state index is 0.0725. The van der Waals surface area contributed by atoms with Gasteiger partial charge < -0.3 is 14.4 Å². The number of piperazine rings is 1. The first-order valence-electron chi connectivity index (χ1n) is 9.66. The number of nitrogens with zero attached hydrogens (tertiary/aromatic N) is 2. The van der Waals surface area contributed by atoms with Gasteiger partial charge in [0, 0.05) is 32.7 Å². The Labute approximate surface area is 155 Å². The van der Waals surface area contributed by atoms with Gasteiger partial charge in [-0.2, -0.15) is 0 Å². The lowest BCUT2D eigenvalue weighted by Gasteiger charge is -2.36. The van der Waals surface area contributed by atoms with E-state index in [1.807, 2.05) is 29.2 Å². The molecule has 1 aliphatic heterocycles. The molecule has 1 heterocycles. The zero-order valence-electron chi connectivity index (χ0n) is 15.5. The predicted octanol–water partition coefficient (Wildman–Crippen LogP) is 2.43. The van der Waals surface area contributed by atoms with E-state index in [0.717, 1.165) is 49.7 Å². The van der Waals surface area contributed by atoms with Crippen molar-refractivity contribution in [1.29, 1.82) is 0 Å². The van der Waals surface area contributed by atoms with E-state index in [1.165, 1.54) is 19.4 Å². The second-order valence-corrected chi connectivity index (χ2v) is 7.69. The third kappa shape index (κ3) is 3.88. The lowest BCUT2D eigenvalue weighted by molar-refractivity contribution is -0.135. The van der Waals surface area contributed by atoms with Crippen LogP contribution < -0.4 is 9.47 Å². The van der Waals surface area contributed by atoms with Crippen molar-refractivity contribution >= 4 is 5.91 Å². The highest BCUT2D eigenvalue weighted by atomic mass is 16.5. The number of fused-ring (bicyclic) bond motifs is 2. The van der Waals surface area contributed by atoms with Crippen LogP contribution in [-0.2, 0) is 4.79 Å². The summed E-state index contributed by atoms with van der Waals surface area (Å²) in [5, 5.41) is 0. The van der Waals surface area contributed by atoms with Gasteiger partial charge in [-0.05, 0) is 54.9 Å². The quantitative estimate of drug-likeness (QED) is 0.734. The van der Waals surface area contributed by atoms with Gasteiger partial charge in [-0.3, -0.25) is 9.69 Å². The maximum atomic E-state index is 12.4. The Morgan fingerprint density at radius 1 is 1.04 bits per heavy atom. The number of ether oxygens (including phenoxy) is 2. The Kier molecular flexibility index (Phi) is 5.16. The summed E-state index contributed by atoms with van der Waals surface area (Å²) in [5.41, 5.74) is 0. The zero-order chi connectivity index (χ0) is 17.9. The third-order valence-electron chi connectivity index (χ3n) is 6.06. The van der Waals surface area contributed by atoms with E-state index < -0.39 is 0 Å². The summed E-state index contributed by atoms with van der Waals surface area (Å²) < 4.78 is 10.7. The molecule has 26 heavy (non-hydrogen) atoms. The van der Waals surface area contributed by atoms with Crippen molar-refractivity contribution in [3.63, 3.8) is 0 Å². The maximum absolute atomic E-state index is 12.4. The molecule has 1 aromatic rings. The first-order valence-corrected chi connectivity index (χ1v) is 9.66. The summed E-state index contributed by atoms with van der Waals surface area (Å²) in [6.45, 7) is 4.86. The Morgan fingerprint density at radius 2 is 1.77 bits per heavy atom. The molecule has 0 radical (unpaired) electrons. The molecule has 2 bridgehead atoms. The first-order chi connectivity index (χ1) is 12.7. The second kappa shape index (κ2) is 7.70. The van der Waals surface area contributed by atoms with Gasteiger partial charge in [0.05, 0.1) is 7.11 Å². The van der Waals surface area contributed by atoms with Crippen LogP contribution in [0.1, 0.15) is 12.8 Å². The van der Waals surface area contributed by atoms with Crippen LogP contribution in [0.15, 0.2) is 36.4 Å². The van der Waals surface area contributed by atoms with Gasteiger partial charge in [-0.25, -0.2) is 0 Å². The molecule has 0 N–H and O–H groups in total. The molecule has 5 nitrogen and oxygen atoms in total. The van der Waals surface area contributed by atoms with Crippen molar-refractivity contribution in [3.05, 3.63) is 36.4 Å². The molecule has 0 spiro atoms. The molecule has 3 atom stereocenters. The number of hydrogen-bond donors (Lipinski definition) is 0. The summed E-state index contributed by atoms with van der Waals surface area (Å²) in [7, 11) is 1.63. The van der Waals surface area contributed by atoms with Crippen LogP contribution in [0.5, 0.6) is 11.5 Å². The molecule has 2 fully saturated rings. The van der Waals surface area contributed by atoms with Crippen molar-refractivity contribution in [2.24, 2.45) is 17.8 Å². The second-order valence-electron chi connectivity index (χ2n) is 7.69. The number of carbonyl (C=O) groups excluding carboxylic acids is 1. The van der Waals surface area contributed by atoms with Crippen molar-refractivity contribution in [3.8, 4) is 11.5 Å². The minimum absolute atomic E-state index is 0.0725. The Morgan fingerprint density at radius 3 is 2.38 bits per heavy atom. The van der Waals surface area contributed by atoms with Crippen molar-refractivity contribution in [1.82, 2.24) is 9.80 Å². The van der Waals surface area contributed by atoms with Gasteiger partial charge in [0.1, 0.15) is 11.5 Å². The molecule has 140 valence electrons. The molecule has 0 unspecified atom stereocenters. The number of rotatable bonds is 6. The van der Waals surface area contributed by atoms with Crippen LogP contribution in [0.2, 0.25) is 0 Å². The van der Waals surface area contributed by atoms with Gasteiger partial charge in [0.15, 0.2) is 6.61 Å². The van der Waals surface area contributed by atoms with E-state index >= 15 is 0 Å². The normalized spacial score (nSPS) is 27.7. The lowest BCUT2D eigenvalue weighted by Crippen LogP contribution is -2.51. The highest BCUT2D eigenvalue weighted by molar-refractivity contribution is 5.77. The van der Waals surface area contributed by atoms with E-state index in [9.17, 15) is 4.79 Å². The molecule has 2 aliphatic carbocycles. The molecular weight excluding hydrogens is 328 g/mol. The first kappa shape index (κ1) is 17.4. The van der Waals surface area contributed by atoms with Gasteiger partial charge in [0.2, 0.25) is 0 Å². The smallest absolute Gasteiger partial charge is 0.260 e. The molecule has 1 saturated carbocycles. The molecule has 4 rings (SSSR count). The van der Waals surface area contributed by atoms with E-state index in [1.54, 1.807) is 7.11 Å². The van der Waals surface area contributed by atoms with Crippen LogP contribution in [0.3, 0.4) is 0 Å². The highest BCUT2D eigenvalue weighted by Crippen LogP contribution is 2.43. The number of methoxy groups -OCH3 is 1. The number of carbonyl (C=O) groups is 1. The summed E-state index contributed by atoms with van der Waals surface area (Å²) in [5.74, 6) is 4.02. The lowest BCUT2D eigenvalue weighted by atomic mass is 9.93. The summed E-state index contributed by atoms with van der Waals surface area (Å²) in [6.07, 6.45) is 7.55. The molecule has 1 amide bonds. The summed E-state index contributed by atoms with van der Waals surface area (Å²) >= 11 is 0. The average Bonchev–Trinajstić information content (AvgIpc) is 3.30. The van der Waals surface area contributed by atoms with E-state index in [2.05, 4.69) is 17.1 Å². The van der Waals surface area contributed by atoms with Crippen molar-refractivity contribution < 1.29 is 14.3 Å². The minimum Gasteiger partial charge on any atom is -0.497 e. The van der Waals surface area contributed by atoms with Gasteiger partial charge in [0.25, 0.3) is 5.91 Å². The molecule has 0 aromatic heterocycles. The van der Waals surface area contributed by atoms with Crippen LogP contribution in [0.25, 0.3) is 0 Å². The SMILES string of the molecule is COc1ccc(OCC(=O)N2CCN(C[C@@H]3C[C@@H]4C=C[C@@H]3C4)CC2)cc1. The van der Waals surface area contributed by atoms with Crippen LogP contribution >= 0.6 is 0 Å². The summed E-state index contributed by atoms with van der Waals surface area (Å²) in [4.78, 5) is 16.9. The summed E-state index contributed by atoms with van der Waals surface area (Å²) in [6, 6.07) is 7.33. The Hall–Kier alpha value is -2.01. The van der Waals surface area contributed by atoms with Crippen LogP contribution in [-0.4, -0.2) is 62.1 Å². The third-order valence-corrected chi connectivity index (χ3v) is 6.06. The molecule has 1 aromatic carbocycles. The standard InChI is InChI=1S/C21H28N2O3/c1-25-19-4-6-20(7-5-19)26-15-21(24)23-10-8-22(9-11-23)14-18-13-16-2-3-17(18)12-16/h2-7,16-18H,8-15H2,1H3/t16-,17-,18+/m1/s1. The number of amides is 1. The Bertz CT molecular complexity index is 650. The Balaban J connectivity index is 1.19. The van der Waals surface area contributed by atoms with Crippen LogP contribution in [0.4, 0.5) is 0 Å². The van der Waals surface area contributed by atoms with E-state index in [4.69, 9.17) is 9.47 Å². The zero-order valence-corrected chi connectivity index (χ0v) is 15.5. The van der Waals surface area contributed by atoms with E-state index in [-0.39, 0.29) is 12.5 Å². The highest BCUT2D eigenvalue weighted by Gasteiger charge is 2.36. The fourth-order valence-corrected chi connectivity index (χ4v) is 4.52. The molecule has 1 saturated heterocycles. The average molecular weight is 356 g/mol. The van der Waals surface area contributed by atoms with Gasteiger partial charge in [-0.1, -0.05) is 12.2 Å². The monoisotopic (exact) mass is 356 g/mol. The topological polar surface area (TPSA) is 42.0 Å². The number of allylic oxidation sites excluding steroid dienone is 2.